The monoisotopic (exact) mass is 475 g/mol. The first-order valence-corrected chi connectivity index (χ1v) is 11.9. The second kappa shape index (κ2) is 8.54. The SMILES string of the molecule is O=C(NC1CC1)c1cnc(Nc2ccc3c(c2)CCNC3)nc1Nc1ccc(F)c(C2(O)CC2)n1. The Kier molecular flexibility index (Phi) is 5.34. The zero-order valence-electron chi connectivity index (χ0n) is 19.1. The van der Waals surface area contributed by atoms with Crippen LogP contribution < -0.4 is 21.3 Å². The summed E-state index contributed by atoms with van der Waals surface area (Å²) in [5, 5.41) is 22.9. The first-order valence-electron chi connectivity index (χ1n) is 11.9. The van der Waals surface area contributed by atoms with Gasteiger partial charge in [0.25, 0.3) is 5.91 Å². The topological polar surface area (TPSA) is 124 Å². The molecule has 2 aromatic heterocycles. The van der Waals surface area contributed by atoms with E-state index in [9.17, 15) is 14.3 Å². The maximum absolute atomic E-state index is 14.3. The molecule has 5 N–H and O–H groups in total. The van der Waals surface area contributed by atoms with Gasteiger partial charge < -0.3 is 26.4 Å². The molecule has 1 amide bonds. The van der Waals surface area contributed by atoms with E-state index >= 15 is 0 Å². The van der Waals surface area contributed by atoms with Crippen molar-refractivity contribution in [3.8, 4) is 0 Å². The van der Waals surface area contributed by atoms with Crippen molar-refractivity contribution in [2.75, 3.05) is 17.2 Å². The predicted octanol–water partition coefficient (Wildman–Crippen LogP) is 3.02. The average Bonchev–Trinajstić information content (AvgIpc) is 3.79. The van der Waals surface area contributed by atoms with E-state index in [1.165, 1.54) is 29.5 Å². The third-order valence-electron chi connectivity index (χ3n) is 6.55. The molecule has 0 unspecified atom stereocenters. The molecule has 3 heterocycles. The highest BCUT2D eigenvalue weighted by Gasteiger charge is 2.45. The van der Waals surface area contributed by atoms with Gasteiger partial charge in [0.1, 0.15) is 34.3 Å². The van der Waals surface area contributed by atoms with Crippen LogP contribution in [0.25, 0.3) is 0 Å². The van der Waals surface area contributed by atoms with Crippen LogP contribution in [0.2, 0.25) is 0 Å². The molecule has 2 saturated carbocycles. The lowest BCUT2D eigenvalue weighted by Crippen LogP contribution is -2.27. The second-order valence-electron chi connectivity index (χ2n) is 9.42. The van der Waals surface area contributed by atoms with E-state index in [1.54, 1.807) is 0 Å². The fourth-order valence-corrected chi connectivity index (χ4v) is 4.19. The smallest absolute Gasteiger partial charge is 0.256 e. The van der Waals surface area contributed by atoms with Gasteiger partial charge in [-0.15, -0.1) is 0 Å². The lowest BCUT2D eigenvalue weighted by Gasteiger charge is -2.18. The van der Waals surface area contributed by atoms with Gasteiger partial charge >= 0.3 is 0 Å². The highest BCUT2D eigenvalue weighted by molar-refractivity contribution is 5.99. The van der Waals surface area contributed by atoms with Crippen molar-refractivity contribution in [1.29, 1.82) is 0 Å². The Balaban J connectivity index is 1.30. The lowest BCUT2D eigenvalue weighted by molar-refractivity contribution is 0.0951. The van der Waals surface area contributed by atoms with Gasteiger partial charge in [-0.2, -0.15) is 4.98 Å². The van der Waals surface area contributed by atoms with Crippen molar-refractivity contribution in [2.24, 2.45) is 0 Å². The maximum Gasteiger partial charge on any atom is 0.256 e. The Morgan fingerprint density at radius 1 is 1.11 bits per heavy atom. The van der Waals surface area contributed by atoms with E-state index in [1.807, 2.05) is 6.07 Å². The summed E-state index contributed by atoms with van der Waals surface area (Å²) < 4.78 is 14.3. The molecule has 2 aliphatic carbocycles. The van der Waals surface area contributed by atoms with E-state index in [-0.39, 0.29) is 34.8 Å². The molecule has 0 spiro atoms. The van der Waals surface area contributed by atoms with Crippen LogP contribution >= 0.6 is 0 Å². The quantitative estimate of drug-likeness (QED) is 0.353. The number of halogens is 1. The number of carbonyl (C=O) groups excluding carboxylic acids is 1. The Labute approximate surface area is 201 Å². The number of aliphatic hydroxyl groups is 1. The average molecular weight is 476 g/mol. The number of nitrogens with zero attached hydrogens (tertiary/aromatic N) is 3. The van der Waals surface area contributed by atoms with Crippen LogP contribution in [0.4, 0.5) is 27.7 Å². The van der Waals surface area contributed by atoms with E-state index < -0.39 is 11.4 Å². The van der Waals surface area contributed by atoms with Crippen molar-refractivity contribution in [3.05, 3.63) is 64.7 Å². The van der Waals surface area contributed by atoms with Crippen LogP contribution in [0.3, 0.4) is 0 Å². The van der Waals surface area contributed by atoms with Crippen molar-refractivity contribution in [2.45, 2.75) is 50.3 Å². The predicted molar refractivity (Wildman–Crippen MR) is 128 cm³/mol. The van der Waals surface area contributed by atoms with Gasteiger partial charge in [0, 0.05) is 24.5 Å². The summed E-state index contributed by atoms with van der Waals surface area (Å²) in [7, 11) is 0. The summed E-state index contributed by atoms with van der Waals surface area (Å²) in [6, 6.07) is 9.02. The van der Waals surface area contributed by atoms with Crippen LogP contribution in [-0.2, 0) is 18.6 Å². The van der Waals surface area contributed by atoms with Crippen molar-refractivity contribution in [1.82, 2.24) is 25.6 Å². The van der Waals surface area contributed by atoms with Gasteiger partial charge in [-0.1, -0.05) is 6.07 Å². The summed E-state index contributed by atoms with van der Waals surface area (Å²) in [6.07, 6.45) is 5.25. The molecule has 0 atom stereocenters. The zero-order valence-corrected chi connectivity index (χ0v) is 19.1. The van der Waals surface area contributed by atoms with E-state index in [2.05, 4.69) is 48.4 Å². The highest BCUT2D eigenvalue weighted by Crippen LogP contribution is 2.45. The number of anilines is 4. The van der Waals surface area contributed by atoms with Crippen LogP contribution in [0.15, 0.2) is 36.5 Å². The van der Waals surface area contributed by atoms with Crippen LogP contribution in [0.1, 0.15) is 52.9 Å². The first-order chi connectivity index (χ1) is 17.0. The van der Waals surface area contributed by atoms with Gasteiger partial charge in [0.2, 0.25) is 5.95 Å². The molecule has 3 aromatic rings. The summed E-state index contributed by atoms with van der Waals surface area (Å²) >= 11 is 0. The fraction of sp³-hybridized carbons (Fsp3) is 0.360. The van der Waals surface area contributed by atoms with E-state index in [0.29, 0.717) is 18.8 Å². The minimum Gasteiger partial charge on any atom is -0.383 e. The standard InChI is InChI=1S/C25H26FN7O2/c26-19-5-6-20(31-21(19)25(35)8-9-25)32-22-18(23(34)29-16-3-4-16)13-28-24(33-22)30-17-2-1-15-12-27-10-7-14(15)11-17/h1-2,5-6,11,13,16,27,35H,3-4,7-10,12H2,(H,29,34)(H2,28,30,31,32,33). The Morgan fingerprint density at radius 3 is 2.77 bits per heavy atom. The Bertz CT molecular complexity index is 1310. The third-order valence-corrected chi connectivity index (χ3v) is 6.55. The Hall–Kier alpha value is -3.63. The number of aromatic nitrogens is 3. The number of fused-ring (bicyclic) bond motifs is 1. The number of amides is 1. The molecule has 1 aliphatic heterocycles. The minimum absolute atomic E-state index is 0.00226. The number of benzene rings is 1. The maximum atomic E-state index is 14.3. The molecule has 180 valence electrons. The molecule has 0 bridgehead atoms. The van der Waals surface area contributed by atoms with Gasteiger partial charge in [-0.05, 0) is 74.0 Å². The number of nitrogens with one attached hydrogen (secondary N) is 4. The molecule has 0 radical (unpaired) electrons. The largest absolute Gasteiger partial charge is 0.383 e. The Morgan fingerprint density at radius 2 is 1.97 bits per heavy atom. The van der Waals surface area contributed by atoms with E-state index in [0.717, 1.165) is 38.0 Å². The second-order valence-corrected chi connectivity index (χ2v) is 9.42. The normalized spacial score (nSPS) is 17.9. The molecule has 3 aliphatic rings. The molecule has 35 heavy (non-hydrogen) atoms. The number of carbonyl (C=O) groups is 1. The zero-order chi connectivity index (χ0) is 24.0. The molecular weight excluding hydrogens is 449 g/mol. The molecule has 9 nitrogen and oxygen atoms in total. The fourth-order valence-electron chi connectivity index (χ4n) is 4.19. The molecule has 2 fully saturated rings. The summed E-state index contributed by atoms with van der Waals surface area (Å²) in [4.78, 5) is 26.0. The summed E-state index contributed by atoms with van der Waals surface area (Å²) in [5.74, 6) is -0.00261. The number of pyridine rings is 1. The van der Waals surface area contributed by atoms with Gasteiger partial charge in [-0.25, -0.2) is 14.4 Å². The van der Waals surface area contributed by atoms with Crippen LogP contribution in [0.5, 0.6) is 0 Å². The first kappa shape index (κ1) is 21.9. The molecule has 1 aromatic carbocycles. The lowest BCUT2D eigenvalue weighted by atomic mass is 10.0. The van der Waals surface area contributed by atoms with Crippen LogP contribution in [0, 0.1) is 5.82 Å². The molecular formula is C25H26FN7O2. The van der Waals surface area contributed by atoms with Gasteiger partial charge in [0.05, 0.1) is 0 Å². The number of hydrogen-bond acceptors (Lipinski definition) is 8. The van der Waals surface area contributed by atoms with Crippen LogP contribution in [-0.4, -0.2) is 38.6 Å². The minimum atomic E-state index is -1.23. The number of hydrogen-bond donors (Lipinski definition) is 5. The highest BCUT2D eigenvalue weighted by atomic mass is 19.1. The van der Waals surface area contributed by atoms with Crippen molar-refractivity contribution >= 4 is 29.2 Å². The van der Waals surface area contributed by atoms with Gasteiger partial charge in [-0.3, -0.25) is 4.79 Å². The summed E-state index contributed by atoms with van der Waals surface area (Å²) in [5.41, 5.74) is 2.43. The molecule has 10 heteroatoms. The molecule has 0 saturated heterocycles. The van der Waals surface area contributed by atoms with Gasteiger partial charge in [0.15, 0.2) is 0 Å². The summed E-state index contributed by atoms with van der Waals surface area (Å²) in [6.45, 7) is 1.79. The van der Waals surface area contributed by atoms with E-state index in [4.69, 9.17) is 0 Å². The number of rotatable bonds is 7. The molecule has 6 rings (SSSR count). The van der Waals surface area contributed by atoms with Crippen molar-refractivity contribution in [3.63, 3.8) is 0 Å². The third kappa shape index (κ3) is 4.67. The van der Waals surface area contributed by atoms with Crippen molar-refractivity contribution < 1.29 is 14.3 Å².